The number of halogens is 2. The number of aryl methyl sites for hydroxylation is 1. The van der Waals surface area contributed by atoms with Gasteiger partial charge in [-0.2, -0.15) is 0 Å². The quantitative estimate of drug-likeness (QED) is 0.842. The maximum atomic E-state index is 13.9. The molecule has 0 unspecified atom stereocenters. The fourth-order valence-corrected chi connectivity index (χ4v) is 1.82. The second kappa shape index (κ2) is 5.32. The predicted octanol–water partition coefficient (Wildman–Crippen LogP) is 3.65. The molecule has 0 saturated heterocycles. The van der Waals surface area contributed by atoms with Gasteiger partial charge in [0.1, 0.15) is 16.6 Å². The first-order chi connectivity index (χ1) is 8.99. The second-order valence-electron chi connectivity index (χ2n) is 4.12. The van der Waals surface area contributed by atoms with Crippen LogP contribution in [0.25, 0.3) is 0 Å². The van der Waals surface area contributed by atoms with Gasteiger partial charge in [-0.1, -0.05) is 24.4 Å². The first-order valence-corrected chi connectivity index (χ1v) is 6.01. The van der Waals surface area contributed by atoms with Crippen LogP contribution in [0.5, 0.6) is 0 Å². The maximum absolute atomic E-state index is 13.9. The number of para-hydroxylation sites is 1. The lowest BCUT2D eigenvalue weighted by Crippen LogP contribution is -2.10. The summed E-state index contributed by atoms with van der Waals surface area (Å²) in [6.45, 7) is 1.74. The summed E-state index contributed by atoms with van der Waals surface area (Å²) >= 11 is 4.77. The van der Waals surface area contributed by atoms with Crippen molar-refractivity contribution < 1.29 is 8.78 Å². The van der Waals surface area contributed by atoms with Gasteiger partial charge in [0.15, 0.2) is 0 Å². The van der Waals surface area contributed by atoms with E-state index in [0.717, 1.165) is 0 Å². The average molecular weight is 278 g/mol. The normalized spacial score (nSPS) is 10.3. The molecule has 0 radical (unpaired) electrons. The van der Waals surface area contributed by atoms with Gasteiger partial charge < -0.3 is 11.1 Å². The predicted molar refractivity (Wildman–Crippen MR) is 76.7 cm³/mol. The summed E-state index contributed by atoms with van der Waals surface area (Å²) in [6, 6.07) is 8.95. The zero-order valence-electron chi connectivity index (χ0n) is 10.2. The number of nitrogens with one attached hydrogen (secondary N) is 1. The third-order valence-electron chi connectivity index (χ3n) is 2.74. The second-order valence-corrected chi connectivity index (χ2v) is 4.56. The number of nitrogens with two attached hydrogens (primary N) is 1. The molecule has 0 heterocycles. The molecule has 0 spiro atoms. The highest BCUT2D eigenvalue weighted by Crippen LogP contribution is 2.25. The molecule has 0 aliphatic heterocycles. The van der Waals surface area contributed by atoms with Gasteiger partial charge in [0.25, 0.3) is 0 Å². The molecular weight excluding hydrogens is 266 g/mol. The van der Waals surface area contributed by atoms with E-state index in [1.807, 2.05) is 0 Å². The number of thiocarbonyl (C=S) groups is 1. The molecule has 98 valence electrons. The molecule has 0 aliphatic carbocycles. The Morgan fingerprint density at radius 2 is 1.89 bits per heavy atom. The van der Waals surface area contributed by atoms with Crippen LogP contribution in [0, 0.1) is 18.6 Å². The van der Waals surface area contributed by atoms with Gasteiger partial charge in [-0.15, -0.1) is 0 Å². The number of rotatable bonds is 3. The van der Waals surface area contributed by atoms with Crippen LogP contribution in [0.4, 0.5) is 20.2 Å². The van der Waals surface area contributed by atoms with E-state index in [2.05, 4.69) is 5.32 Å². The summed E-state index contributed by atoms with van der Waals surface area (Å²) in [5.41, 5.74) is 6.97. The smallest absolute Gasteiger partial charge is 0.147 e. The molecule has 2 rings (SSSR count). The highest BCUT2D eigenvalue weighted by atomic mass is 32.1. The first kappa shape index (κ1) is 13.4. The van der Waals surface area contributed by atoms with Gasteiger partial charge in [0, 0.05) is 5.56 Å². The average Bonchev–Trinajstić information content (AvgIpc) is 2.35. The third kappa shape index (κ3) is 2.88. The number of anilines is 2. The maximum Gasteiger partial charge on any atom is 0.147 e. The van der Waals surface area contributed by atoms with E-state index in [1.54, 1.807) is 25.1 Å². The zero-order valence-corrected chi connectivity index (χ0v) is 11.0. The van der Waals surface area contributed by atoms with Gasteiger partial charge in [0.05, 0.1) is 11.4 Å². The standard InChI is InChI=1S/C14H12F2N2S/c1-8-3-2-4-10(15)13(8)18-12-6-5-9(14(17)19)7-11(12)16/h2-7,18H,1H3,(H2,17,19). The van der Waals surface area contributed by atoms with Crippen molar-refractivity contribution in [3.05, 3.63) is 59.2 Å². The largest absolute Gasteiger partial charge is 0.389 e. The van der Waals surface area contributed by atoms with Crippen LogP contribution < -0.4 is 11.1 Å². The molecule has 0 aliphatic rings. The Morgan fingerprint density at radius 1 is 1.16 bits per heavy atom. The van der Waals surface area contributed by atoms with E-state index < -0.39 is 11.6 Å². The van der Waals surface area contributed by atoms with Crippen molar-refractivity contribution in [1.29, 1.82) is 0 Å². The SMILES string of the molecule is Cc1cccc(F)c1Nc1ccc(C(N)=S)cc1F. The van der Waals surface area contributed by atoms with E-state index in [1.165, 1.54) is 18.2 Å². The van der Waals surface area contributed by atoms with Crippen molar-refractivity contribution in [3.63, 3.8) is 0 Å². The van der Waals surface area contributed by atoms with E-state index in [9.17, 15) is 8.78 Å². The highest BCUT2D eigenvalue weighted by Gasteiger charge is 2.09. The van der Waals surface area contributed by atoms with E-state index in [-0.39, 0.29) is 16.4 Å². The van der Waals surface area contributed by atoms with Gasteiger partial charge in [0.2, 0.25) is 0 Å². The molecule has 0 aromatic heterocycles. The molecule has 5 heteroatoms. The van der Waals surface area contributed by atoms with Crippen molar-refractivity contribution in [1.82, 2.24) is 0 Å². The minimum absolute atomic E-state index is 0.118. The lowest BCUT2D eigenvalue weighted by atomic mass is 10.1. The lowest BCUT2D eigenvalue weighted by molar-refractivity contribution is 0.624. The molecule has 0 fully saturated rings. The number of hydrogen-bond acceptors (Lipinski definition) is 2. The van der Waals surface area contributed by atoms with Crippen molar-refractivity contribution in [2.75, 3.05) is 5.32 Å². The molecular formula is C14H12F2N2S. The summed E-state index contributed by atoms with van der Waals surface area (Å²) < 4.78 is 27.5. The van der Waals surface area contributed by atoms with Gasteiger partial charge in [-0.05, 0) is 36.8 Å². The van der Waals surface area contributed by atoms with E-state index >= 15 is 0 Å². The van der Waals surface area contributed by atoms with Crippen molar-refractivity contribution >= 4 is 28.6 Å². The summed E-state index contributed by atoms with van der Waals surface area (Å²) in [5.74, 6) is -0.967. The molecule has 0 saturated carbocycles. The Bertz CT molecular complexity index is 621. The zero-order chi connectivity index (χ0) is 14.0. The van der Waals surface area contributed by atoms with Crippen LogP contribution in [0.2, 0.25) is 0 Å². The van der Waals surface area contributed by atoms with Crippen LogP contribution in [0.1, 0.15) is 11.1 Å². The topological polar surface area (TPSA) is 38.0 Å². The van der Waals surface area contributed by atoms with Crippen LogP contribution in [0.3, 0.4) is 0 Å². The Balaban J connectivity index is 2.36. The van der Waals surface area contributed by atoms with Crippen LogP contribution >= 0.6 is 12.2 Å². The van der Waals surface area contributed by atoms with Crippen LogP contribution in [0.15, 0.2) is 36.4 Å². The van der Waals surface area contributed by atoms with Crippen molar-refractivity contribution in [2.45, 2.75) is 6.92 Å². The van der Waals surface area contributed by atoms with E-state index in [4.69, 9.17) is 18.0 Å². The van der Waals surface area contributed by atoms with Crippen LogP contribution in [-0.2, 0) is 0 Å². The fourth-order valence-electron chi connectivity index (χ4n) is 1.69. The molecule has 2 nitrogen and oxygen atoms in total. The molecule has 2 aromatic rings. The summed E-state index contributed by atoms with van der Waals surface area (Å²) in [5, 5.41) is 2.74. The van der Waals surface area contributed by atoms with E-state index in [0.29, 0.717) is 11.1 Å². The highest BCUT2D eigenvalue weighted by molar-refractivity contribution is 7.80. The molecule has 0 atom stereocenters. The monoisotopic (exact) mass is 278 g/mol. The molecule has 2 aromatic carbocycles. The molecule has 19 heavy (non-hydrogen) atoms. The van der Waals surface area contributed by atoms with Gasteiger partial charge in [-0.3, -0.25) is 0 Å². The summed E-state index contributed by atoms with van der Waals surface area (Å²) in [6.07, 6.45) is 0. The molecule has 0 bridgehead atoms. The van der Waals surface area contributed by atoms with Crippen molar-refractivity contribution in [2.24, 2.45) is 5.73 Å². The Labute approximate surface area is 115 Å². The third-order valence-corrected chi connectivity index (χ3v) is 2.97. The summed E-state index contributed by atoms with van der Waals surface area (Å²) in [7, 11) is 0. The number of benzene rings is 2. The Morgan fingerprint density at radius 3 is 2.47 bits per heavy atom. The lowest BCUT2D eigenvalue weighted by Gasteiger charge is -2.12. The molecule has 0 amide bonds. The van der Waals surface area contributed by atoms with Crippen molar-refractivity contribution in [3.8, 4) is 0 Å². The summed E-state index contributed by atoms with van der Waals surface area (Å²) in [4.78, 5) is 0.118. The Kier molecular flexibility index (Phi) is 3.76. The minimum Gasteiger partial charge on any atom is -0.389 e. The first-order valence-electron chi connectivity index (χ1n) is 5.60. The number of hydrogen-bond donors (Lipinski definition) is 2. The van der Waals surface area contributed by atoms with Gasteiger partial charge >= 0.3 is 0 Å². The van der Waals surface area contributed by atoms with Gasteiger partial charge in [-0.25, -0.2) is 8.78 Å². The van der Waals surface area contributed by atoms with Crippen LogP contribution in [-0.4, -0.2) is 4.99 Å². The fraction of sp³-hybridized carbons (Fsp3) is 0.0714. The minimum atomic E-state index is -0.534. The molecule has 3 N–H and O–H groups in total. The Hall–Kier alpha value is -2.01.